The van der Waals surface area contributed by atoms with Crippen molar-refractivity contribution in [1.82, 2.24) is 0 Å². The van der Waals surface area contributed by atoms with Crippen molar-refractivity contribution in [2.24, 2.45) is 0 Å². The van der Waals surface area contributed by atoms with Crippen molar-refractivity contribution in [1.29, 1.82) is 0 Å². The highest BCUT2D eigenvalue weighted by Gasteiger charge is 2.29. The van der Waals surface area contributed by atoms with E-state index in [0.717, 1.165) is 24.2 Å². The Morgan fingerprint density at radius 1 is 1.09 bits per heavy atom. The quantitative estimate of drug-likeness (QED) is 0.347. The summed E-state index contributed by atoms with van der Waals surface area (Å²) in [6.07, 6.45) is 1.50. The zero-order chi connectivity index (χ0) is 17.7. The lowest BCUT2D eigenvalue weighted by Crippen LogP contribution is -2.19. The van der Waals surface area contributed by atoms with Gasteiger partial charge in [-0.15, -0.1) is 0 Å². The van der Waals surface area contributed by atoms with E-state index in [-0.39, 0.29) is 6.61 Å². The van der Waals surface area contributed by atoms with E-state index in [9.17, 15) is 22.8 Å². The van der Waals surface area contributed by atoms with E-state index in [1.165, 1.54) is 14.1 Å². The van der Waals surface area contributed by atoms with Crippen LogP contribution in [0.2, 0.25) is 0 Å². The summed E-state index contributed by atoms with van der Waals surface area (Å²) in [7, 11) is 3.57. The molecular weight excluding hydrogens is 315 g/mol. The number of hydrogen-bond donors (Lipinski definition) is 0. The number of hydrogen-bond acceptors (Lipinski definition) is 5. The third-order valence-electron chi connectivity index (χ3n) is 2.81. The van der Waals surface area contributed by atoms with Gasteiger partial charge in [0.05, 0.1) is 25.0 Å². The average Bonchev–Trinajstić information content (AvgIpc) is 2.48. The Labute approximate surface area is 131 Å². The van der Waals surface area contributed by atoms with Crippen molar-refractivity contribution >= 4 is 17.4 Å². The Bertz CT molecular complexity index is 657. The minimum atomic E-state index is -1.54. The minimum absolute atomic E-state index is 0.0909. The number of ether oxygens (including phenoxy) is 2. The molecule has 0 saturated carbocycles. The van der Waals surface area contributed by atoms with E-state index >= 15 is 0 Å². The molecule has 0 heterocycles. The summed E-state index contributed by atoms with van der Waals surface area (Å²) in [6, 6.07) is 0. The van der Waals surface area contributed by atoms with Gasteiger partial charge in [0.2, 0.25) is 5.82 Å². The van der Waals surface area contributed by atoms with E-state index in [2.05, 4.69) is 9.47 Å². The van der Waals surface area contributed by atoms with Gasteiger partial charge in [-0.3, -0.25) is 4.79 Å². The van der Waals surface area contributed by atoms with Gasteiger partial charge in [0.25, 0.3) is 0 Å². The molecule has 0 aromatic heterocycles. The van der Waals surface area contributed by atoms with Crippen molar-refractivity contribution in [3.8, 4) is 5.75 Å². The van der Waals surface area contributed by atoms with E-state index in [1.807, 2.05) is 0 Å². The molecule has 1 aromatic rings. The number of methoxy groups -OCH3 is 1. The molecular formula is C15H16F3NO4. The number of allylic oxidation sites excluding steroid dienone is 1. The van der Waals surface area contributed by atoms with Crippen LogP contribution in [0, 0.1) is 17.5 Å². The highest BCUT2D eigenvalue weighted by molar-refractivity contribution is 6.11. The average molecular weight is 331 g/mol. The highest BCUT2D eigenvalue weighted by atomic mass is 19.2. The van der Waals surface area contributed by atoms with E-state index in [1.54, 1.807) is 6.92 Å². The van der Waals surface area contributed by atoms with Crippen LogP contribution in [0.5, 0.6) is 5.75 Å². The van der Waals surface area contributed by atoms with Crippen molar-refractivity contribution < 1.29 is 32.2 Å². The van der Waals surface area contributed by atoms with Gasteiger partial charge in [0.1, 0.15) is 0 Å². The Morgan fingerprint density at radius 2 is 1.70 bits per heavy atom. The molecule has 0 aliphatic rings. The molecule has 0 N–H and O–H groups in total. The molecule has 0 aliphatic carbocycles. The van der Waals surface area contributed by atoms with Gasteiger partial charge in [-0.05, 0) is 13.0 Å². The molecule has 0 atom stereocenters. The lowest BCUT2D eigenvalue weighted by atomic mass is 10.0. The maximum atomic E-state index is 14.3. The molecule has 5 nitrogen and oxygen atoms in total. The van der Waals surface area contributed by atoms with Crippen LogP contribution >= 0.6 is 0 Å². The third kappa shape index (κ3) is 3.82. The summed E-state index contributed by atoms with van der Waals surface area (Å²) >= 11 is 0. The number of nitrogens with zero attached hydrogens (tertiary/aromatic N) is 1. The van der Waals surface area contributed by atoms with Crippen molar-refractivity contribution in [2.45, 2.75) is 6.92 Å². The summed E-state index contributed by atoms with van der Waals surface area (Å²) in [4.78, 5) is 24.4. The van der Waals surface area contributed by atoms with Crippen LogP contribution in [0.4, 0.5) is 18.9 Å². The minimum Gasteiger partial charge on any atom is -0.491 e. The van der Waals surface area contributed by atoms with Gasteiger partial charge in [-0.1, -0.05) is 0 Å². The number of benzene rings is 1. The number of carbonyl (C=O) groups excluding carboxylic acids is 2. The van der Waals surface area contributed by atoms with E-state index in [0.29, 0.717) is 0 Å². The zero-order valence-corrected chi connectivity index (χ0v) is 13.1. The number of ketones is 1. The number of halogens is 3. The molecule has 23 heavy (non-hydrogen) atoms. The molecule has 0 aliphatic heterocycles. The fourth-order valence-electron chi connectivity index (χ4n) is 1.87. The summed E-state index contributed by atoms with van der Waals surface area (Å²) < 4.78 is 51.2. The predicted molar refractivity (Wildman–Crippen MR) is 77.3 cm³/mol. The van der Waals surface area contributed by atoms with Crippen LogP contribution in [-0.2, 0) is 9.53 Å². The molecule has 1 aromatic carbocycles. The molecule has 0 spiro atoms. The molecule has 0 fully saturated rings. The van der Waals surface area contributed by atoms with Gasteiger partial charge in [-0.25, -0.2) is 13.6 Å². The molecule has 0 radical (unpaired) electrons. The van der Waals surface area contributed by atoms with Crippen molar-refractivity contribution in [3.63, 3.8) is 0 Å². The zero-order valence-electron chi connectivity index (χ0n) is 13.1. The Balaban J connectivity index is 3.47. The topological polar surface area (TPSA) is 55.8 Å². The van der Waals surface area contributed by atoms with Crippen LogP contribution in [-0.4, -0.2) is 39.6 Å². The van der Waals surface area contributed by atoms with E-state index < -0.39 is 46.2 Å². The smallest absolute Gasteiger partial charge is 0.330 e. The summed E-state index contributed by atoms with van der Waals surface area (Å²) in [5, 5.41) is 0. The largest absolute Gasteiger partial charge is 0.491 e. The van der Waals surface area contributed by atoms with Crippen LogP contribution in [0.1, 0.15) is 17.3 Å². The maximum Gasteiger partial charge on any atom is 0.330 e. The van der Waals surface area contributed by atoms with Crippen LogP contribution in [0.25, 0.3) is 0 Å². The van der Waals surface area contributed by atoms with Gasteiger partial charge in [0.15, 0.2) is 23.2 Å². The lowest BCUT2D eigenvalue weighted by Gasteiger charge is -2.19. The molecule has 8 heteroatoms. The lowest BCUT2D eigenvalue weighted by molar-refractivity contribution is -0.137. The SMILES string of the molecule is CCOC(=O)/C=C/C(=O)c1c(F)c(OC)c(F)c(F)c1N(C)C. The normalized spacial score (nSPS) is 10.7. The second-order valence-electron chi connectivity index (χ2n) is 4.54. The summed E-state index contributed by atoms with van der Waals surface area (Å²) in [5.74, 6) is -7.19. The van der Waals surface area contributed by atoms with Gasteiger partial charge in [-0.2, -0.15) is 4.39 Å². The second kappa shape index (κ2) is 7.66. The maximum absolute atomic E-state index is 14.3. The third-order valence-corrected chi connectivity index (χ3v) is 2.81. The standard InChI is InChI=1S/C15H16F3NO4/c1-5-23-9(21)7-6-8(20)10-11(16)15(22-4)13(18)12(17)14(10)19(2)3/h6-7H,5H2,1-4H3/b7-6+. The molecule has 0 bridgehead atoms. The Kier molecular flexibility index (Phi) is 6.18. The molecule has 0 saturated heterocycles. The molecule has 126 valence electrons. The molecule has 0 amide bonds. The first-order valence-electron chi connectivity index (χ1n) is 6.57. The molecule has 1 rings (SSSR count). The highest BCUT2D eigenvalue weighted by Crippen LogP contribution is 2.35. The summed E-state index contributed by atoms with van der Waals surface area (Å²) in [6.45, 7) is 1.66. The second-order valence-corrected chi connectivity index (χ2v) is 4.54. The van der Waals surface area contributed by atoms with Crippen molar-refractivity contribution in [2.75, 3.05) is 32.7 Å². The first kappa shape index (κ1) is 18.5. The number of anilines is 1. The fourth-order valence-corrected chi connectivity index (χ4v) is 1.87. The van der Waals surface area contributed by atoms with Gasteiger partial charge >= 0.3 is 5.97 Å². The van der Waals surface area contributed by atoms with Crippen LogP contribution in [0.3, 0.4) is 0 Å². The van der Waals surface area contributed by atoms with Crippen molar-refractivity contribution in [3.05, 3.63) is 35.2 Å². The predicted octanol–water partition coefficient (Wildman–Crippen LogP) is 2.48. The Morgan fingerprint density at radius 3 is 2.17 bits per heavy atom. The Hall–Kier alpha value is -2.51. The summed E-state index contributed by atoms with van der Waals surface area (Å²) in [5.41, 5.74) is -1.33. The number of carbonyl (C=O) groups is 2. The first-order valence-corrected chi connectivity index (χ1v) is 6.57. The molecule has 0 unspecified atom stereocenters. The van der Waals surface area contributed by atoms with Gasteiger partial charge < -0.3 is 14.4 Å². The fraction of sp³-hybridized carbons (Fsp3) is 0.333. The monoisotopic (exact) mass is 331 g/mol. The van der Waals surface area contributed by atoms with Crippen LogP contribution in [0.15, 0.2) is 12.2 Å². The van der Waals surface area contributed by atoms with E-state index in [4.69, 9.17) is 0 Å². The van der Waals surface area contributed by atoms with Gasteiger partial charge in [0, 0.05) is 20.2 Å². The first-order chi connectivity index (χ1) is 10.8. The number of esters is 1. The number of rotatable bonds is 6. The van der Waals surface area contributed by atoms with Crippen LogP contribution < -0.4 is 9.64 Å².